The molecule has 3 unspecified atom stereocenters. The van der Waals surface area contributed by atoms with Crippen LogP contribution in [0.3, 0.4) is 0 Å². The average molecular weight is 413 g/mol. The molecule has 0 aliphatic carbocycles. The zero-order valence-corrected chi connectivity index (χ0v) is 21.0. The molecule has 0 spiro atoms. The molecule has 0 saturated carbocycles. The van der Waals surface area contributed by atoms with Crippen molar-refractivity contribution in [3.8, 4) is 0 Å². The highest BCUT2D eigenvalue weighted by Gasteiger charge is 2.46. The quantitative estimate of drug-likeness (QED) is 0.251. The standard InChI is InChI=1S/C26H52O3/c1-9-16-22(10-2)19-26(15-7,21-25(12-4,13-5)14-6)20-24(8,11-3)23(28)29-18-17-27/h22,27H,9-21H2,1-8H3. The summed E-state index contributed by atoms with van der Waals surface area (Å²) in [4.78, 5) is 13.0. The van der Waals surface area contributed by atoms with Gasteiger partial charge in [-0.15, -0.1) is 0 Å². The van der Waals surface area contributed by atoms with Crippen molar-refractivity contribution in [2.24, 2.45) is 22.2 Å². The Morgan fingerprint density at radius 2 is 1.41 bits per heavy atom. The first-order valence-electron chi connectivity index (χ1n) is 12.5. The fourth-order valence-corrected chi connectivity index (χ4v) is 5.47. The molecule has 0 rings (SSSR count). The summed E-state index contributed by atoms with van der Waals surface area (Å²) in [5, 5.41) is 9.11. The predicted octanol–water partition coefficient (Wildman–Crippen LogP) is 7.55. The van der Waals surface area contributed by atoms with Crippen molar-refractivity contribution in [3.05, 3.63) is 0 Å². The Kier molecular flexibility index (Phi) is 13.4. The molecular weight excluding hydrogens is 360 g/mol. The molecule has 0 saturated heterocycles. The Balaban J connectivity index is 6.05. The molecule has 0 fully saturated rings. The van der Waals surface area contributed by atoms with Gasteiger partial charge in [0, 0.05) is 0 Å². The van der Waals surface area contributed by atoms with Crippen molar-refractivity contribution in [1.29, 1.82) is 0 Å². The number of esters is 1. The molecule has 3 atom stereocenters. The molecule has 0 bridgehead atoms. The fourth-order valence-electron chi connectivity index (χ4n) is 5.47. The van der Waals surface area contributed by atoms with Gasteiger partial charge in [-0.1, -0.05) is 93.4 Å². The highest BCUT2D eigenvalue weighted by Crippen LogP contribution is 2.53. The summed E-state index contributed by atoms with van der Waals surface area (Å²) in [6, 6.07) is 0. The Morgan fingerprint density at radius 3 is 1.79 bits per heavy atom. The number of aliphatic hydroxyl groups excluding tert-OH is 1. The van der Waals surface area contributed by atoms with Crippen LogP contribution in [0.2, 0.25) is 0 Å². The molecule has 0 amide bonds. The van der Waals surface area contributed by atoms with Crippen LogP contribution >= 0.6 is 0 Å². The lowest BCUT2D eigenvalue weighted by Crippen LogP contribution is -2.41. The number of hydrogen-bond donors (Lipinski definition) is 1. The van der Waals surface area contributed by atoms with E-state index in [1.54, 1.807) is 0 Å². The zero-order valence-electron chi connectivity index (χ0n) is 21.0. The lowest BCUT2D eigenvalue weighted by molar-refractivity contribution is -0.159. The van der Waals surface area contributed by atoms with Crippen molar-refractivity contribution in [3.63, 3.8) is 0 Å². The minimum atomic E-state index is -0.489. The number of aliphatic hydroxyl groups is 1. The molecule has 0 aliphatic rings. The van der Waals surface area contributed by atoms with E-state index in [1.807, 2.05) is 0 Å². The van der Waals surface area contributed by atoms with Gasteiger partial charge in [-0.25, -0.2) is 0 Å². The van der Waals surface area contributed by atoms with Crippen LogP contribution in [0.5, 0.6) is 0 Å². The van der Waals surface area contributed by atoms with Gasteiger partial charge < -0.3 is 9.84 Å². The van der Waals surface area contributed by atoms with Gasteiger partial charge in [0.05, 0.1) is 12.0 Å². The van der Waals surface area contributed by atoms with E-state index in [9.17, 15) is 4.79 Å². The molecule has 0 aromatic carbocycles. The smallest absolute Gasteiger partial charge is 0.311 e. The van der Waals surface area contributed by atoms with Crippen LogP contribution in [0, 0.1) is 22.2 Å². The van der Waals surface area contributed by atoms with Crippen molar-refractivity contribution in [1.82, 2.24) is 0 Å². The Labute approximate surface area is 182 Å². The molecule has 0 aliphatic heterocycles. The van der Waals surface area contributed by atoms with Crippen molar-refractivity contribution in [2.75, 3.05) is 13.2 Å². The number of carbonyl (C=O) groups excluding carboxylic acids is 1. The summed E-state index contributed by atoms with van der Waals surface area (Å²) in [7, 11) is 0. The average Bonchev–Trinajstić information content (AvgIpc) is 2.75. The Bertz CT molecular complexity index is 435. The fraction of sp³-hybridized carbons (Fsp3) is 0.962. The summed E-state index contributed by atoms with van der Waals surface area (Å²) >= 11 is 0. The van der Waals surface area contributed by atoms with E-state index in [2.05, 4.69) is 55.4 Å². The molecule has 1 N–H and O–H groups in total. The molecule has 29 heavy (non-hydrogen) atoms. The first-order valence-corrected chi connectivity index (χ1v) is 12.5. The van der Waals surface area contributed by atoms with Gasteiger partial charge in [-0.3, -0.25) is 4.79 Å². The van der Waals surface area contributed by atoms with Crippen LogP contribution in [0.25, 0.3) is 0 Å². The van der Waals surface area contributed by atoms with Crippen molar-refractivity contribution in [2.45, 2.75) is 126 Å². The lowest BCUT2D eigenvalue weighted by Gasteiger charge is -2.47. The third kappa shape index (κ3) is 8.23. The number of rotatable bonds is 17. The lowest BCUT2D eigenvalue weighted by atomic mass is 9.57. The first-order chi connectivity index (χ1) is 13.7. The maximum atomic E-state index is 13.0. The number of hydrogen-bond acceptors (Lipinski definition) is 3. The normalized spacial score (nSPS) is 17.4. The molecule has 0 aromatic heterocycles. The molecule has 0 heterocycles. The van der Waals surface area contributed by atoms with Gasteiger partial charge in [0.1, 0.15) is 6.61 Å². The second-order valence-electron chi connectivity index (χ2n) is 9.81. The van der Waals surface area contributed by atoms with E-state index in [0.29, 0.717) is 5.41 Å². The third-order valence-corrected chi connectivity index (χ3v) is 8.11. The maximum absolute atomic E-state index is 13.0. The van der Waals surface area contributed by atoms with Crippen LogP contribution in [0.1, 0.15) is 126 Å². The summed E-state index contributed by atoms with van der Waals surface area (Å²) in [5.74, 6) is 0.586. The van der Waals surface area contributed by atoms with Gasteiger partial charge in [-0.05, 0) is 49.4 Å². The van der Waals surface area contributed by atoms with Crippen LogP contribution in [-0.4, -0.2) is 24.3 Å². The van der Waals surface area contributed by atoms with Gasteiger partial charge in [0.15, 0.2) is 0 Å². The number of carbonyl (C=O) groups is 1. The molecule has 3 heteroatoms. The van der Waals surface area contributed by atoms with E-state index in [4.69, 9.17) is 9.84 Å². The summed E-state index contributed by atoms with van der Waals surface area (Å²) < 4.78 is 5.44. The summed E-state index contributed by atoms with van der Waals surface area (Å²) in [6.45, 7) is 18.1. The predicted molar refractivity (Wildman–Crippen MR) is 125 cm³/mol. The third-order valence-electron chi connectivity index (χ3n) is 8.11. The van der Waals surface area contributed by atoms with Gasteiger partial charge >= 0.3 is 5.97 Å². The van der Waals surface area contributed by atoms with Crippen LogP contribution in [0.4, 0.5) is 0 Å². The topological polar surface area (TPSA) is 46.5 Å². The minimum Gasteiger partial charge on any atom is -0.463 e. The van der Waals surface area contributed by atoms with E-state index in [0.717, 1.165) is 25.2 Å². The summed E-state index contributed by atoms with van der Waals surface area (Å²) in [5.41, 5.74) is 0.0156. The largest absolute Gasteiger partial charge is 0.463 e. The Hall–Kier alpha value is -0.570. The van der Waals surface area contributed by atoms with Crippen LogP contribution < -0.4 is 0 Å². The monoisotopic (exact) mass is 412 g/mol. The SMILES string of the molecule is CCCC(CC)CC(CC)(CC(CC)(CC)CC)CC(C)(CC)C(=O)OCCO. The second kappa shape index (κ2) is 13.7. The maximum Gasteiger partial charge on any atom is 0.311 e. The van der Waals surface area contributed by atoms with Gasteiger partial charge in [-0.2, -0.15) is 0 Å². The molecular formula is C26H52O3. The van der Waals surface area contributed by atoms with E-state index in [-0.39, 0.29) is 24.6 Å². The minimum absolute atomic E-state index is 0.101. The molecule has 0 aromatic rings. The van der Waals surface area contributed by atoms with Crippen molar-refractivity contribution >= 4 is 5.97 Å². The molecule has 3 nitrogen and oxygen atoms in total. The first kappa shape index (κ1) is 28.4. The van der Waals surface area contributed by atoms with Crippen LogP contribution in [-0.2, 0) is 9.53 Å². The molecule has 0 radical (unpaired) electrons. The van der Waals surface area contributed by atoms with Gasteiger partial charge in [0.25, 0.3) is 0 Å². The Morgan fingerprint density at radius 1 is 0.862 bits per heavy atom. The van der Waals surface area contributed by atoms with Crippen molar-refractivity contribution < 1.29 is 14.6 Å². The van der Waals surface area contributed by atoms with Crippen LogP contribution in [0.15, 0.2) is 0 Å². The molecule has 174 valence electrons. The van der Waals surface area contributed by atoms with E-state index >= 15 is 0 Å². The van der Waals surface area contributed by atoms with E-state index < -0.39 is 5.41 Å². The summed E-state index contributed by atoms with van der Waals surface area (Å²) in [6.07, 6.45) is 12.5. The number of ether oxygens (including phenoxy) is 1. The second-order valence-corrected chi connectivity index (χ2v) is 9.81. The highest BCUT2D eigenvalue weighted by molar-refractivity contribution is 5.76. The highest BCUT2D eigenvalue weighted by atomic mass is 16.5. The van der Waals surface area contributed by atoms with E-state index in [1.165, 1.54) is 51.4 Å². The van der Waals surface area contributed by atoms with Gasteiger partial charge in [0.2, 0.25) is 0 Å². The zero-order chi connectivity index (χ0) is 22.6.